The first kappa shape index (κ1) is 15.4. The maximum atomic E-state index is 11.9. The summed E-state index contributed by atoms with van der Waals surface area (Å²) in [5, 5.41) is 2.48. The van der Waals surface area contributed by atoms with E-state index in [-0.39, 0.29) is 6.54 Å². The van der Waals surface area contributed by atoms with Crippen molar-refractivity contribution in [2.45, 2.75) is 32.7 Å². The molecule has 0 aliphatic carbocycles. The summed E-state index contributed by atoms with van der Waals surface area (Å²) in [6.45, 7) is 1.86. The van der Waals surface area contributed by atoms with Crippen molar-refractivity contribution >= 4 is 5.91 Å². The van der Waals surface area contributed by atoms with Crippen molar-refractivity contribution in [3.8, 4) is 0 Å². The van der Waals surface area contributed by atoms with E-state index in [1.165, 1.54) is 6.92 Å². The molecule has 0 aliphatic heterocycles. The molecule has 0 saturated heterocycles. The first-order valence-electron chi connectivity index (χ1n) is 5.65. The predicted molar refractivity (Wildman–Crippen MR) is 62.3 cm³/mol. The summed E-state index contributed by atoms with van der Waals surface area (Å²) in [5.74, 6) is -0.593. The Morgan fingerprint density at radius 1 is 1.47 bits per heavy atom. The highest BCUT2D eigenvalue weighted by atomic mass is 19.4. The van der Waals surface area contributed by atoms with Gasteiger partial charge in [-0.3, -0.25) is 9.78 Å². The number of pyridine rings is 1. The van der Waals surface area contributed by atoms with Gasteiger partial charge in [0.25, 0.3) is 0 Å². The number of carbonyl (C=O) groups is 1. The van der Waals surface area contributed by atoms with Crippen molar-refractivity contribution in [1.82, 2.24) is 10.3 Å². The second-order valence-corrected chi connectivity index (χ2v) is 4.09. The van der Waals surface area contributed by atoms with Crippen molar-refractivity contribution < 1.29 is 22.7 Å². The minimum atomic E-state index is -4.44. The third kappa shape index (κ3) is 6.19. The topological polar surface area (TPSA) is 51.2 Å². The Morgan fingerprint density at radius 2 is 2.16 bits per heavy atom. The molecule has 0 radical (unpaired) electrons. The highest BCUT2D eigenvalue weighted by Gasteiger charge is 2.29. The fourth-order valence-corrected chi connectivity index (χ4v) is 1.23. The number of nitrogens with one attached hydrogen (secondary N) is 1. The number of halogens is 3. The maximum Gasteiger partial charge on any atom is 0.411 e. The number of hydrogen-bond donors (Lipinski definition) is 1. The molecule has 0 spiro atoms. The molecule has 1 aromatic rings. The molecule has 19 heavy (non-hydrogen) atoms. The van der Waals surface area contributed by atoms with Gasteiger partial charge in [0.1, 0.15) is 12.7 Å². The van der Waals surface area contributed by atoms with Crippen LogP contribution in [-0.2, 0) is 16.1 Å². The zero-order valence-electron chi connectivity index (χ0n) is 10.6. The molecule has 0 aromatic carbocycles. The SMILES string of the molecule is Cc1ccc(CNC(=O)C(C)OCC(F)(F)F)cn1. The first-order chi connectivity index (χ1) is 8.78. The van der Waals surface area contributed by atoms with E-state index in [4.69, 9.17) is 0 Å². The van der Waals surface area contributed by atoms with Gasteiger partial charge in [-0.25, -0.2) is 0 Å². The van der Waals surface area contributed by atoms with E-state index >= 15 is 0 Å². The van der Waals surface area contributed by atoms with E-state index in [1.54, 1.807) is 18.3 Å². The fraction of sp³-hybridized carbons (Fsp3) is 0.500. The Morgan fingerprint density at radius 3 is 2.68 bits per heavy atom. The maximum absolute atomic E-state index is 11.9. The highest BCUT2D eigenvalue weighted by molar-refractivity contribution is 5.80. The highest BCUT2D eigenvalue weighted by Crippen LogP contribution is 2.15. The molecule has 7 heteroatoms. The molecule has 1 atom stereocenters. The van der Waals surface area contributed by atoms with Crippen molar-refractivity contribution in [1.29, 1.82) is 0 Å². The van der Waals surface area contributed by atoms with Gasteiger partial charge in [0.2, 0.25) is 5.91 Å². The van der Waals surface area contributed by atoms with Crippen molar-refractivity contribution in [3.05, 3.63) is 29.6 Å². The monoisotopic (exact) mass is 276 g/mol. The molecule has 0 bridgehead atoms. The summed E-state index contributed by atoms with van der Waals surface area (Å²) >= 11 is 0. The molecule has 0 aliphatic rings. The third-order valence-electron chi connectivity index (χ3n) is 2.31. The second kappa shape index (κ2) is 6.51. The molecule has 1 rings (SSSR count). The Balaban J connectivity index is 2.36. The number of rotatable bonds is 5. The van der Waals surface area contributed by atoms with Gasteiger partial charge in [-0.1, -0.05) is 6.07 Å². The molecule has 1 N–H and O–H groups in total. The van der Waals surface area contributed by atoms with E-state index in [1.807, 2.05) is 6.92 Å². The Kier molecular flexibility index (Phi) is 5.29. The van der Waals surface area contributed by atoms with Gasteiger partial charge in [0.05, 0.1) is 0 Å². The van der Waals surface area contributed by atoms with Crippen LogP contribution in [0.15, 0.2) is 18.3 Å². The van der Waals surface area contributed by atoms with Crippen LogP contribution in [0.4, 0.5) is 13.2 Å². The smallest absolute Gasteiger partial charge is 0.359 e. The Labute approximate surface area is 109 Å². The zero-order valence-corrected chi connectivity index (χ0v) is 10.6. The summed E-state index contributed by atoms with van der Waals surface area (Å²) < 4.78 is 40.1. The van der Waals surface area contributed by atoms with Crippen LogP contribution in [0.3, 0.4) is 0 Å². The molecule has 0 fully saturated rings. The van der Waals surface area contributed by atoms with Crippen molar-refractivity contribution in [3.63, 3.8) is 0 Å². The first-order valence-corrected chi connectivity index (χ1v) is 5.65. The van der Waals surface area contributed by atoms with Gasteiger partial charge in [-0.05, 0) is 25.5 Å². The molecule has 1 aromatic heterocycles. The Hall–Kier alpha value is -1.63. The molecular weight excluding hydrogens is 261 g/mol. The molecule has 1 amide bonds. The number of amides is 1. The average Bonchev–Trinajstić information content (AvgIpc) is 2.34. The van der Waals surface area contributed by atoms with Crippen LogP contribution in [-0.4, -0.2) is 29.8 Å². The van der Waals surface area contributed by atoms with Gasteiger partial charge in [-0.2, -0.15) is 13.2 Å². The minimum Gasteiger partial charge on any atom is -0.359 e. The van der Waals surface area contributed by atoms with E-state index < -0.39 is 24.8 Å². The van der Waals surface area contributed by atoms with E-state index in [0.717, 1.165) is 11.3 Å². The average molecular weight is 276 g/mol. The van der Waals surface area contributed by atoms with Crippen molar-refractivity contribution in [2.75, 3.05) is 6.61 Å². The number of aromatic nitrogens is 1. The number of aryl methyl sites for hydroxylation is 1. The van der Waals surface area contributed by atoms with E-state index in [2.05, 4.69) is 15.0 Å². The van der Waals surface area contributed by atoms with Gasteiger partial charge in [-0.15, -0.1) is 0 Å². The lowest BCUT2D eigenvalue weighted by atomic mass is 10.2. The largest absolute Gasteiger partial charge is 0.411 e. The van der Waals surface area contributed by atoms with Crippen LogP contribution in [0, 0.1) is 6.92 Å². The Bertz CT molecular complexity index is 418. The van der Waals surface area contributed by atoms with Gasteiger partial charge < -0.3 is 10.1 Å². The quantitative estimate of drug-likeness (QED) is 0.894. The van der Waals surface area contributed by atoms with Crippen molar-refractivity contribution in [2.24, 2.45) is 0 Å². The number of ether oxygens (including phenoxy) is 1. The molecule has 1 unspecified atom stereocenters. The number of alkyl halides is 3. The summed E-state index contributed by atoms with van der Waals surface area (Å²) in [7, 11) is 0. The van der Waals surface area contributed by atoms with E-state index in [9.17, 15) is 18.0 Å². The lowest BCUT2D eigenvalue weighted by Gasteiger charge is -2.14. The number of nitrogens with zero attached hydrogens (tertiary/aromatic N) is 1. The molecule has 106 valence electrons. The lowest BCUT2D eigenvalue weighted by molar-refractivity contribution is -0.185. The van der Waals surface area contributed by atoms with Crippen LogP contribution >= 0.6 is 0 Å². The molecule has 4 nitrogen and oxygen atoms in total. The number of hydrogen-bond acceptors (Lipinski definition) is 3. The van der Waals surface area contributed by atoms with E-state index in [0.29, 0.717) is 0 Å². The summed E-state index contributed by atoms with van der Waals surface area (Å²) in [4.78, 5) is 15.5. The van der Waals surface area contributed by atoms with Crippen LogP contribution in [0.25, 0.3) is 0 Å². The van der Waals surface area contributed by atoms with Gasteiger partial charge in [0, 0.05) is 18.4 Å². The minimum absolute atomic E-state index is 0.200. The third-order valence-corrected chi connectivity index (χ3v) is 2.31. The number of carbonyl (C=O) groups excluding carboxylic acids is 1. The van der Waals surface area contributed by atoms with Crippen LogP contribution in [0.2, 0.25) is 0 Å². The van der Waals surface area contributed by atoms with Gasteiger partial charge in [0.15, 0.2) is 0 Å². The predicted octanol–water partition coefficient (Wildman–Crippen LogP) is 1.97. The summed E-state index contributed by atoms with van der Waals surface area (Å²) in [6, 6.07) is 3.56. The van der Waals surface area contributed by atoms with Gasteiger partial charge >= 0.3 is 6.18 Å². The van der Waals surface area contributed by atoms with Crippen LogP contribution in [0.5, 0.6) is 0 Å². The van der Waals surface area contributed by atoms with Crippen LogP contribution in [0.1, 0.15) is 18.2 Å². The molecular formula is C12H15F3N2O2. The summed E-state index contributed by atoms with van der Waals surface area (Å²) in [6.07, 6.45) is -3.99. The zero-order chi connectivity index (χ0) is 14.5. The fourth-order valence-electron chi connectivity index (χ4n) is 1.23. The van der Waals surface area contributed by atoms with Crippen LogP contribution < -0.4 is 5.32 Å². The second-order valence-electron chi connectivity index (χ2n) is 4.09. The normalized spacial score (nSPS) is 13.1. The molecule has 1 heterocycles. The lowest BCUT2D eigenvalue weighted by Crippen LogP contribution is -2.36. The standard InChI is InChI=1S/C12H15F3N2O2/c1-8-3-4-10(5-16-8)6-17-11(18)9(2)19-7-12(13,14)15/h3-5,9H,6-7H2,1-2H3,(H,17,18). The molecule has 0 saturated carbocycles. The summed E-state index contributed by atoms with van der Waals surface area (Å²) in [5.41, 5.74) is 1.61.